The van der Waals surface area contributed by atoms with Gasteiger partial charge in [-0.25, -0.2) is 9.97 Å². The largest absolute Gasteiger partial charge is 0.391 e. The molecular formula is C15H17N3O2S. The topological polar surface area (TPSA) is 75.1 Å². The highest BCUT2D eigenvalue weighted by Gasteiger charge is 2.11. The average molecular weight is 303 g/mol. The number of nitrogens with zero attached hydrogens (tertiary/aromatic N) is 2. The van der Waals surface area contributed by atoms with Crippen molar-refractivity contribution in [1.29, 1.82) is 0 Å². The first-order valence-corrected chi connectivity index (χ1v) is 7.68. The third-order valence-corrected chi connectivity index (χ3v) is 3.64. The lowest BCUT2D eigenvalue weighted by molar-refractivity contribution is 0.101. The molecule has 5 nitrogen and oxygen atoms in total. The third-order valence-electron chi connectivity index (χ3n) is 3.09. The molecule has 0 atom stereocenters. The summed E-state index contributed by atoms with van der Waals surface area (Å²) in [5.41, 5.74) is 2.88. The maximum absolute atomic E-state index is 11.3. The summed E-state index contributed by atoms with van der Waals surface area (Å²) in [6.07, 6.45) is 1.90. The van der Waals surface area contributed by atoms with Gasteiger partial charge in [0.05, 0.1) is 6.61 Å². The van der Waals surface area contributed by atoms with Crippen LogP contribution in [0.2, 0.25) is 0 Å². The normalized spacial score (nSPS) is 10.5. The Morgan fingerprint density at radius 1 is 1.29 bits per heavy atom. The molecule has 1 heterocycles. The fourth-order valence-electron chi connectivity index (χ4n) is 1.88. The Bertz CT molecular complexity index is 657. The SMILES string of the molecule is CSc1nc(C)c(CO)c(Nc2ccc(C(C)=O)cc2)n1. The molecule has 110 valence electrons. The van der Waals surface area contributed by atoms with E-state index < -0.39 is 0 Å². The number of aryl methyl sites for hydroxylation is 1. The van der Waals surface area contributed by atoms with E-state index in [1.807, 2.05) is 25.3 Å². The van der Waals surface area contributed by atoms with Gasteiger partial charge in [0.15, 0.2) is 10.9 Å². The van der Waals surface area contributed by atoms with E-state index >= 15 is 0 Å². The molecule has 0 amide bonds. The van der Waals surface area contributed by atoms with Gasteiger partial charge in [-0.1, -0.05) is 11.8 Å². The number of ketones is 1. The minimum atomic E-state index is -0.131. The molecule has 1 aromatic heterocycles. The number of benzene rings is 1. The first-order chi connectivity index (χ1) is 10.0. The number of Topliss-reactive ketones (excluding diaryl/α,β-unsaturated/α-hetero) is 1. The molecule has 21 heavy (non-hydrogen) atoms. The van der Waals surface area contributed by atoms with Crippen LogP contribution in [0.1, 0.15) is 28.5 Å². The Hall–Kier alpha value is -1.92. The fraction of sp³-hybridized carbons (Fsp3) is 0.267. The molecule has 0 spiro atoms. The second-order valence-corrected chi connectivity index (χ2v) is 5.31. The number of aromatic nitrogens is 2. The first-order valence-electron chi connectivity index (χ1n) is 6.45. The van der Waals surface area contributed by atoms with Crippen LogP contribution in [0, 0.1) is 6.92 Å². The molecule has 0 bridgehead atoms. The minimum Gasteiger partial charge on any atom is -0.391 e. The molecule has 0 radical (unpaired) electrons. The van der Waals surface area contributed by atoms with E-state index in [0.29, 0.717) is 22.1 Å². The van der Waals surface area contributed by atoms with Crippen LogP contribution >= 0.6 is 11.8 Å². The van der Waals surface area contributed by atoms with E-state index in [2.05, 4.69) is 15.3 Å². The van der Waals surface area contributed by atoms with Crippen molar-refractivity contribution in [3.05, 3.63) is 41.1 Å². The van der Waals surface area contributed by atoms with Crippen LogP contribution in [-0.2, 0) is 6.61 Å². The predicted molar refractivity (Wildman–Crippen MR) is 84.2 cm³/mol. The second kappa shape index (κ2) is 6.69. The van der Waals surface area contributed by atoms with Crippen molar-refractivity contribution in [1.82, 2.24) is 9.97 Å². The smallest absolute Gasteiger partial charge is 0.189 e. The van der Waals surface area contributed by atoms with E-state index in [0.717, 1.165) is 11.4 Å². The van der Waals surface area contributed by atoms with Crippen LogP contribution in [0.25, 0.3) is 0 Å². The van der Waals surface area contributed by atoms with Gasteiger partial charge in [0.1, 0.15) is 5.82 Å². The number of nitrogens with one attached hydrogen (secondary N) is 1. The first kappa shape index (κ1) is 15.5. The zero-order chi connectivity index (χ0) is 15.4. The van der Waals surface area contributed by atoms with E-state index in [-0.39, 0.29) is 12.4 Å². The monoisotopic (exact) mass is 303 g/mol. The summed E-state index contributed by atoms with van der Waals surface area (Å²) in [6.45, 7) is 3.25. The Morgan fingerprint density at radius 3 is 2.48 bits per heavy atom. The summed E-state index contributed by atoms with van der Waals surface area (Å²) in [5.74, 6) is 0.616. The van der Waals surface area contributed by atoms with Crippen LogP contribution in [0.4, 0.5) is 11.5 Å². The molecule has 2 aromatic rings. The van der Waals surface area contributed by atoms with Gasteiger partial charge in [0.2, 0.25) is 0 Å². The van der Waals surface area contributed by atoms with Crippen LogP contribution in [0.15, 0.2) is 29.4 Å². The van der Waals surface area contributed by atoms with Crippen LogP contribution < -0.4 is 5.32 Å². The van der Waals surface area contributed by atoms with Crippen LogP contribution in [-0.4, -0.2) is 27.1 Å². The van der Waals surface area contributed by atoms with Gasteiger partial charge < -0.3 is 10.4 Å². The van der Waals surface area contributed by atoms with Crippen molar-refractivity contribution in [2.45, 2.75) is 25.6 Å². The molecular weight excluding hydrogens is 286 g/mol. The molecule has 6 heteroatoms. The highest BCUT2D eigenvalue weighted by molar-refractivity contribution is 7.98. The number of hydrogen-bond donors (Lipinski definition) is 2. The lowest BCUT2D eigenvalue weighted by Crippen LogP contribution is -2.05. The zero-order valence-corrected chi connectivity index (χ0v) is 13.0. The zero-order valence-electron chi connectivity index (χ0n) is 12.2. The van der Waals surface area contributed by atoms with E-state index in [1.54, 1.807) is 12.1 Å². The maximum atomic E-state index is 11.3. The lowest BCUT2D eigenvalue weighted by atomic mass is 10.1. The molecule has 0 saturated carbocycles. The van der Waals surface area contributed by atoms with E-state index in [4.69, 9.17) is 0 Å². The molecule has 0 saturated heterocycles. The van der Waals surface area contributed by atoms with E-state index in [1.165, 1.54) is 18.7 Å². The van der Waals surface area contributed by atoms with Crippen molar-refractivity contribution in [2.75, 3.05) is 11.6 Å². The van der Waals surface area contributed by atoms with Crippen molar-refractivity contribution in [2.24, 2.45) is 0 Å². The molecule has 1 aromatic carbocycles. The summed E-state index contributed by atoms with van der Waals surface area (Å²) in [5, 5.41) is 13.3. The molecule has 0 aliphatic heterocycles. The number of aliphatic hydroxyl groups excluding tert-OH is 1. The fourth-order valence-corrected chi connectivity index (χ4v) is 2.29. The number of thioether (sulfide) groups is 1. The minimum absolute atomic E-state index is 0.0279. The molecule has 2 N–H and O–H groups in total. The quantitative estimate of drug-likeness (QED) is 0.502. The van der Waals surface area contributed by atoms with Crippen molar-refractivity contribution < 1.29 is 9.90 Å². The molecule has 2 rings (SSSR count). The third kappa shape index (κ3) is 3.59. The van der Waals surface area contributed by atoms with Crippen LogP contribution in [0.3, 0.4) is 0 Å². The number of hydrogen-bond acceptors (Lipinski definition) is 6. The lowest BCUT2D eigenvalue weighted by Gasteiger charge is -2.13. The number of aliphatic hydroxyl groups is 1. The molecule has 0 aliphatic carbocycles. The number of rotatable bonds is 5. The molecule has 0 fully saturated rings. The summed E-state index contributed by atoms with van der Waals surface area (Å²) >= 11 is 1.44. The number of carbonyl (C=O) groups excluding carboxylic acids is 1. The second-order valence-electron chi connectivity index (χ2n) is 4.54. The average Bonchev–Trinajstić information content (AvgIpc) is 2.47. The van der Waals surface area contributed by atoms with Gasteiger partial charge in [-0.3, -0.25) is 4.79 Å². The molecule has 0 unspecified atom stereocenters. The number of carbonyl (C=O) groups is 1. The highest BCUT2D eigenvalue weighted by atomic mass is 32.2. The van der Waals surface area contributed by atoms with Crippen LogP contribution in [0.5, 0.6) is 0 Å². The molecule has 0 aliphatic rings. The Morgan fingerprint density at radius 2 is 1.95 bits per heavy atom. The Labute approximate surface area is 127 Å². The van der Waals surface area contributed by atoms with Gasteiger partial charge in [-0.05, 0) is 44.4 Å². The maximum Gasteiger partial charge on any atom is 0.189 e. The summed E-state index contributed by atoms with van der Waals surface area (Å²) < 4.78 is 0. The predicted octanol–water partition coefficient (Wildman–Crippen LogP) is 2.95. The van der Waals surface area contributed by atoms with Gasteiger partial charge in [-0.15, -0.1) is 0 Å². The summed E-state index contributed by atoms with van der Waals surface area (Å²) in [4.78, 5) is 20.0. The number of anilines is 2. The summed E-state index contributed by atoms with van der Waals surface area (Å²) in [6, 6.07) is 7.14. The van der Waals surface area contributed by atoms with Gasteiger partial charge >= 0.3 is 0 Å². The Balaban J connectivity index is 2.33. The van der Waals surface area contributed by atoms with Gasteiger partial charge in [0, 0.05) is 22.5 Å². The van der Waals surface area contributed by atoms with Gasteiger partial charge in [0.25, 0.3) is 0 Å². The van der Waals surface area contributed by atoms with Gasteiger partial charge in [-0.2, -0.15) is 0 Å². The Kier molecular flexibility index (Phi) is 4.93. The van der Waals surface area contributed by atoms with E-state index in [9.17, 15) is 9.90 Å². The van der Waals surface area contributed by atoms with Crippen molar-refractivity contribution in [3.8, 4) is 0 Å². The standard InChI is InChI=1S/C15H17N3O2S/c1-9-13(8-19)14(18-15(16-9)21-3)17-12-6-4-11(5-7-12)10(2)20/h4-7,19H,8H2,1-3H3,(H,16,17,18). The highest BCUT2D eigenvalue weighted by Crippen LogP contribution is 2.24. The summed E-state index contributed by atoms with van der Waals surface area (Å²) in [7, 11) is 0. The van der Waals surface area contributed by atoms with Crippen molar-refractivity contribution in [3.63, 3.8) is 0 Å². The van der Waals surface area contributed by atoms with Crippen molar-refractivity contribution >= 4 is 29.1 Å².